The molecule has 0 spiro atoms. The topological polar surface area (TPSA) is 0 Å². The number of hydrogen-bond donors (Lipinski definition) is 0. The monoisotopic (exact) mass is 424 g/mol. The van der Waals surface area contributed by atoms with E-state index in [1.54, 1.807) is 0 Å². The minimum absolute atomic E-state index is 0. The fourth-order valence-corrected chi connectivity index (χ4v) is 2.14. The highest BCUT2D eigenvalue weighted by molar-refractivity contribution is 5.32. The van der Waals surface area contributed by atoms with Crippen LogP contribution in [0.3, 0.4) is 0 Å². The summed E-state index contributed by atoms with van der Waals surface area (Å²) >= 11 is 0. The summed E-state index contributed by atoms with van der Waals surface area (Å²) in [6.45, 7) is 0. The maximum atomic E-state index is 5.10. The van der Waals surface area contributed by atoms with Crippen molar-refractivity contribution in [3.05, 3.63) is 144 Å². The van der Waals surface area contributed by atoms with Gasteiger partial charge in [-0.1, -0.05) is 104 Å². The van der Waals surface area contributed by atoms with Crippen LogP contribution in [0.25, 0.3) is 0 Å². The van der Waals surface area contributed by atoms with E-state index < -0.39 is 0 Å². The van der Waals surface area contributed by atoms with Gasteiger partial charge in [-0.3, -0.25) is 0 Å². The fourth-order valence-electron chi connectivity index (χ4n) is 2.14. The van der Waals surface area contributed by atoms with E-state index >= 15 is 0 Å². The van der Waals surface area contributed by atoms with E-state index in [-0.39, 0.29) is 7.43 Å². The van der Waals surface area contributed by atoms with E-state index in [0.29, 0.717) is 0 Å². The van der Waals surface area contributed by atoms with Gasteiger partial charge in [-0.25, -0.2) is 0 Å². The maximum Gasteiger partial charge on any atom is 0.0242 e. The molecule has 0 saturated carbocycles. The van der Waals surface area contributed by atoms with Crippen molar-refractivity contribution in [1.29, 1.82) is 0 Å². The summed E-state index contributed by atoms with van der Waals surface area (Å²) in [5, 5.41) is 0. The van der Waals surface area contributed by atoms with Crippen molar-refractivity contribution < 1.29 is 0 Å². The van der Waals surface area contributed by atoms with Crippen molar-refractivity contribution in [1.82, 2.24) is 0 Å². The second-order valence-corrected chi connectivity index (χ2v) is 6.04. The van der Waals surface area contributed by atoms with E-state index in [2.05, 4.69) is 23.7 Å². The molecule has 0 unspecified atom stereocenters. The van der Waals surface area contributed by atoms with Gasteiger partial charge >= 0.3 is 0 Å². The molecule has 0 heterocycles. The molecule has 0 amide bonds. The Kier molecular flexibility index (Phi) is 16.3. The van der Waals surface area contributed by atoms with Crippen molar-refractivity contribution in [3.8, 4) is 49.4 Å². The number of hydrogen-bond acceptors (Lipinski definition) is 0. The van der Waals surface area contributed by atoms with Crippen LogP contribution in [0.2, 0.25) is 0 Å². The van der Waals surface area contributed by atoms with Gasteiger partial charge in [0.15, 0.2) is 0 Å². The molecule has 4 aromatic rings. The van der Waals surface area contributed by atoms with Crippen molar-refractivity contribution in [2.75, 3.05) is 0 Å². The first-order valence-electron chi connectivity index (χ1n) is 9.80. The van der Waals surface area contributed by atoms with Crippen LogP contribution in [-0.2, 0) is 0 Å². The molecule has 4 rings (SSSR count). The molecule has 0 aliphatic carbocycles. The molecule has 0 N–H and O–H groups in total. The lowest BCUT2D eigenvalue weighted by Gasteiger charge is -1.82. The average molecular weight is 425 g/mol. The van der Waals surface area contributed by atoms with Crippen molar-refractivity contribution in [2.45, 2.75) is 7.43 Å². The zero-order valence-electron chi connectivity index (χ0n) is 17.9. The highest BCUT2D eigenvalue weighted by Gasteiger charge is 1.78. The second-order valence-electron chi connectivity index (χ2n) is 6.04. The first kappa shape index (κ1) is 28.1. The summed E-state index contributed by atoms with van der Waals surface area (Å²) in [6, 6.07) is 38.4. The van der Waals surface area contributed by atoms with Gasteiger partial charge < -0.3 is 0 Å². The van der Waals surface area contributed by atoms with Gasteiger partial charge in [0.05, 0.1) is 0 Å². The average Bonchev–Trinajstić information content (AvgIpc) is 2.91. The molecular weight excluding hydrogens is 396 g/mol. The molecule has 0 aliphatic heterocycles. The minimum Gasteiger partial charge on any atom is -0.115 e. The Labute approximate surface area is 200 Å². The summed E-state index contributed by atoms with van der Waals surface area (Å²) < 4.78 is 0. The Bertz CT molecular complexity index is 962. The Morgan fingerprint density at radius 2 is 0.455 bits per heavy atom. The summed E-state index contributed by atoms with van der Waals surface area (Å²) in [5.74, 6) is 10.1. The fraction of sp³-hybridized carbons (Fsp3) is 0.0303. The van der Waals surface area contributed by atoms with Crippen LogP contribution in [0, 0.1) is 49.4 Å². The lowest BCUT2D eigenvalue weighted by atomic mass is 10.2. The first-order chi connectivity index (χ1) is 15.7. The molecule has 0 nitrogen and oxygen atoms in total. The zero-order chi connectivity index (χ0) is 23.3. The van der Waals surface area contributed by atoms with Crippen molar-refractivity contribution >= 4 is 0 Å². The number of rotatable bonds is 0. The van der Waals surface area contributed by atoms with E-state index in [9.17, 15) is 0 Å². The highest BCUT2D eigenvalue weighted by Crippen LogP contribution is 1.95. The predicted molar refractivity (Wildman–Crippen MR) is 144 cm³/mol. The maximum absolute atomic E-state index is 5.10. The summed E-state index contributed by atoms with van der Waals surface area (Å²) in [4.78, 5) is 0. The molecule has 0 bridgehead atoms. The van der Waals surface area contributed by atoms with Crippen LogP contribution in [0.15, 0.2) is 121 Å². The first-order valence-corrected chi connectivity index (χ1v) is 9.80. The van der Waals surface area contributed by atoms with Crippen LogP contribution in [0.4, 0.5) is 0 Å². The van der Waals surface area contributed by atoms with Gasteiger partial charge in [-0.05, 0) is 48.5 Å². The molecule has 0 aliphatic rings. The molecule has 0 heteroatoms. The molecule has 0 atom stereocenters. The smallest absolute Gasteiger partial charge is 0.0242 e. The van der Waals surface area contributed by atoms with Gasteiger partial charge in [0.1, 0.15) is 0 Å². The molecule has 160 valence electrons. The van der Waals surface area contributed by atoms with Crippen LogP contribution in [0.1, 0.15) is 29.7 Å². The van der Waals surface area contributed by atoms with Crippen LogP contribution in [0.5, 0.6) is 0 Å². The SMILES string of the molecule is C.C#Cc1ccccc1.C#Cc1ccccc1.C#Cc1ccccc1.C#Cc1ccccc1. The third-order valence-corrected chi connectivity index (χ3v) is 3.76. The lowest BCUT2D eigenvalue weighted by molar-refractivity contribution is 1.65. The van der Waals surface area contributed by atoms with Crippen LogP contribution >= 0.6 is 0 Å². The molecule has 33 heavy (non-hydrogen) atoms. The quantitative estimate of drug-likeness (QED) is 0.260. The van der Waals surface area contributed by atoms with E-state index in [4.69, 9.17) is 25.7 Å². The lowest BCUT2D eigenvalue weighted by Crippen LogP contribution is -1.66. The molecule has 4 aromatic carbocycles. The van der Waals surface area contributed by atoms with Crippen LogP contribution < -0.4 is 0 Å². The summed E-state index contributed by atoms with van der Waals surface area (Å²) in [7, 11) is 0. The molecule has 0 aromatic heterocycles. The van der Waals surface area contributed by atoms with Gasteiger partial charge in [0, 0.05) is 22.3 Å². The molecule has 0 saturated heterocycles. The highest BCUT2D eigenvalue weighted by atomic mass is 13.8. The predicted octanol–water partition coefficient (Wildman–Crippen LogP) is 7.31. The van der Waals surface area contributed by atoms with Gasteiger partial charge in [-0.2, -0.15) is 0 Å². The third-order valence-electron chi connectivity index (χ3n) is 3.76. The largest absolute Gasteiger partial charge is 0.115 e. The van der Waals surface area contributed by atoms with Crippen molar-refractivity contribution in [3.63, 3.8) is 0 Å². The third kappa shape index (κ3) is 13.9. The number of benzene rings is 4. The van der Waals surface area contributed by atoms with Gasteiger partial charge in [0.2, 0.25) is 0 Å². The van der Waals surface area contributed by atoms with E-state index in [1.807, 2.05) is 121 Å². The molecule has 0 fully saturated rings. The Balaban J connectivity index is 0.000000410. The molecule has 0 radical (unpaired) electrons. The number of terminal acetylenes is 4. The summed E-state index contributed by atoms with van der Waals surface area (Å²) in [5.41, 5.74) is 3.75. The minimum atomic E-state index is 0. The second kappa shape index (κ2) is 19.1. The van der Waals surface area contributed by atoms with E-state index in [0.717, 1.165) is 22.3 Å². The summed E-state index contributed by atoms with van der Waals surface area (Å²) in [6.07, 6.45) is 20.4. The van der Waals surface area contributed by atoms with E-state index in [1.165, 1.54) is 0 Å². The molecular formula is C33H28. The van der Waals surface area contributed by atoms with Gasteiger partial charge in [-0.15, -0.1) is 25.7 Å². The normalized spacial score (nSPS) is 7.64. The standard InChI is InChI=1S/4C8H6.CH4/c4*1-2-8-6-4-3-5-7-8;/h4*1,3-7H;1H4. The zero-order valence-corrected chi connectivity index (χ0v) is 17.9. The Morgan fingerprint density at radius 3 is 0.545 bits per heavy atom. The Hall–Kier alpha value is -4.88. The van der Waals surface area contributed by atoms with Crippen molar-refractivity contribution in [2.24, 2.45) is 0 Å². The Morgan fingerprint density at radius 1 is 0.303 bits per heavy atom. The van der Waals surface area contributed by atoms with Gasteiger partial charge in [0.25, 0.3) is 0 Å². The van der Waals surface area contributed by atoms with Crippen LogP contribution in [-0.4, -0.2) is 0 Å².